The molecule has 0 spiro atoms. The average Bonchev–Trinajstić information content (AvgIpc) is 2.65. The van der Waals surface area contributed by atoms with Crippen LogP contribution < -0.4 is 5.73 Å². The van der Waals surface area contributed by atoms with E-state index in [2.05, 4.69) is 25.7 Å². The first-order valence-corrected chi connectivity index (χ1v) is 7.38. The molecule has 2 nitrogen and oxygen atoms in total. The highest BCUT2D eigenvalue weighted by atomic mass is 15.1. The molecule has 0 aromatic rings. The third-order valence-electron chi connectivity index (χ3n) is 5.30. The maximum atomic E-state index is 5.93. The Morgan fingerprint density at radius 3 is 2.41 bits per heavy atom. The molecule has 0 aromatic heterocycles. The monoisotopic (exact) mass is 238 g/mol. The molecule has 1 heterocycles. The zero-order valence-electron chi connectivity index (χ0n) is 12.0. The summed E-state index contributed by atoms with van der Waals surface area (Å²) >= 11 is 0. The van der Waals surface area contributed by atoms with Crippen LogP contribution in [0.2, 0.25) is 0 Å². The molecular formula is C15H30N2. The summed E-state index contributed by atoms with van der Waals surface area (Å²) in [6.07, 6.45) is 6.88. The highest BCUT2D eigenvalue weighted by Crippen LogP contribution is 2.43. The predicted octanol–water partition coefficient (Wildman–Crippen LogP) is 2.87. The summed E-state index contributed by atoms with van der Waals surface area (Å²) in [5.41, 5.74) is 6.94. The van der Waals surface area contributed by atoms with Crippen molar-refractivity contribution in [3.05, 3.63) is 0 Å². The van der Waals surface area contributed by atoms with Crippen molar-refractivity contribution >= 4 is 0 Å². The van der Waals surface area contributed by atoms with Crippen LogP contribution in [0.1, 0.15) is 52.9 Å². The zero-order valence-corrected chi connectivity index (χ0v) is 12.0. The Bertz CT molecular complexity index is 245. The molecule has 2 aliphatic rings. The third kappa shape index (κ3) is 3.03. The van der Waals surface area contributed by atoms with Crippen LogP contribution in [0, 0.1) is 16.7 Å². The molecule has 0 amide bonds. The van der Waals surface area contributed by atoms with Gasteiger partial charge in [-0.15, -0.1) is 0 Å². The maximum Gasteiger partial charge on any atom is 0.00151 e. The molecular weight excluding hydrogens is 208 g/mol. The lowest BCUT2D eigenvalue weighted by Gasteiger charge is -2.42. The standard InChI is InChI=1S/C15H30N2/c1-14(2,3)13-5-9-17(11-13)10-8-15(12-16)6-4-7-15/h13H,4-12,16H2,1-3H3. The Hall–Kier alpha value is -0.0800. The summed E-state index contributed by atoms with van der Waals surface area (Å²) in [5, 5.41) is 0. The summed E-state index contributed by atoms with van der Waals surface area (Å²) in [4.78, 5) is 2.67. The summed E-state index contributed by atoms with van der Waals surface area (Å²) < 4.78 is 0. The topological polar surface area (TPSA) is 29.3 Å². The number of nitrogens with zero attached hydrogens (tertiary/aromatic N) is 1. The maximum absolute atomic E-state index is 5.93. The smallest absolute Gasteiger partial charge is 0.00151 e. The van der Waals surface area contributed by atoms with Gasteiger partial charge in [0.25, 0.3) is 0 Å². The van der Waals surface area contributed by atoms with Gasteiger partial charge in [0.2, 0.25) is 0 Å². The number of likely N-dealkylation sites (tertiary alicyclic amines) is 1. The highest BCUT2D eigenvalue weighted by molar-refractivity contribution is 4.91. The zero-order chi connectivity index (χ0) is 12.5. The quantitative estimate of drug-likeness (QED) is 0.816. The number of nitrogens with two attached hydrogens (primary N) is 1. The lowest BCUT2D eigenvalue weighted by atomic mass is 9.66. The molecule has 2 fully saturated rings. The van der Waals surface area contributed by atoms with Crippen molar-refractivity contribution < 1.29 is 0 Å². The predicted molar refractivity (Wildman–Crippen MR) is 74.0 cm³/mol. The van der Waals surface area contributed by atoms with E-state index in [1.807, 2.05) is 0 Å². The van der Waals surface area contributed by atoms with Crippen molar-refractivity contribution in [1.82, 2.24) is 4.90 Å². The molecule has 17 heavy (non-hydrogen) atoms. The van der Waals surface area contributed by atoms with Gasteiger partial charge in [0.15, 0.2) is 0 Å². The van der Waals surface area contributed by atoms with Crippen LogP contribution >= 0.6 is 0 Å². The van der Waals surface area contributed by atoms with Gasteiger partial charge in [-0.25, -0.2) is 0 Å². The van der Waals surface area contributed by atoms with E-state index in [1.54, 1.807) is 0 Å². The molecule has 1 atom stereocenters. The molecule has 0 aromatic carbocycles. The second kappa shape index (κ2) is 4.89. The molecule has 0 radical (unpaired) electrons. The van der Waals surface area contributed by atoms with E-state index >= 15 is 0 Å². The van der Waals surface area contributed by atoms with Gasteiger partial charge in [0.05, 0.1) is 0 Å². The second-order valence-corrected chi connectivity index (χ2v) is 7.46. The first-order chi connectivity index (χ1) is 7.95. The minimum atomic E-state index is 0.483. The average molecular weight is 238 g/mol. The van der Waals surface area contributed by atoms with Gasteiger partial charge in [0, 0.05) is 6.54 Å². The van der Waals surface area contributed by atoms with Gasteiger partial charge >= 0.3 is 0 Å². The normalized spacial score (nSPS) is 29.3. The van der Waals surface area contributed by atoms with Crippen molar-refractivity contribution in [3.8, 4) is 0 Å². The highest BCUT2D eigenvalue weighted by Gasteiger charge is 2.37. The number of hydrogen-bond acceptors (Lipinski definition) is 2. The molecule has 100 valence electrons. The van der Waals surface area contributed by atoms with Crippen molar-refractivity contribution in [2.24, 2.45) is 22.5 Å². The molecule has 0 bridgehead atoms. The summed E-state index contributed by atoms with van der Waals surface area (Å²) in [5.74, 6) is 0.887. The molecule has 1 aliphatic heterocycles. The van der Waals surface area contributed by atoms with Crippen molar-refractivity contribution in [2.75, 3.05) is 26.2 Å². The lowest BCUT2D eigenvalue weighted by Crippen LogP contribution is -2.40. The van der Waals surface area contributed by atoms with Crippen LogP contribution in [-0.4, -0.2) is 31.1 Å². The minimum Gasteiger partial charge on any atom is -0.330 e. The van der Waals surface area contributed by atoms with E-state index in [-0.39, 0.29) is 0 Å². The minimum absolute atomic E-state index is 0.483. The molecule has 1 unspecified atom stereocenters. The Kier molecular flexibility index (Phi) is 3.84. The van der Waals surface area contributed by atoms with E-state index in [1.165, 1.54) is 51.7 Å². The fourth-order valence-electron chi connectivity index (χ4n) is 3.37. The summed E-state index contributed by atoms with van der Waals surface area (Å²) in [6.45, 7) is 12.0. The lowest BCUT2D eigenvalue weighted by molar-refractivity contribution is 0.109. The Balaban J connectivity index is 1.75. The summed E-state index contributed by atoms with van der Waals surface area (Å²) in [7, 11) is 0. The van der Waals surface area contributed by atoms with Crippen molar-refractivity contribution in [3.63, 3.8) is 0 Å². The van der Waals surface area contributed by atoms with Gasteiger partial charge in [-0.3, -0.25) is 0 Å². The van der Waals surface area contributed by atoms with Crippen molar-refractivity contribution in [1.29, 1.82) is 0 Å². The van der Waals surface area contributed by atoms with Gasteiger partial charge in [-0.1, -0.05) is 27.2 Å². The van der Waals surface area contributed by atoms with Crippen LogP contribution in [0.15, 0.2) is 0 Å². The third-order valence-corrected chi connectivity index (χ3v) is 5.30. The Morgan fingerprint density at radius 2 is 2.00 bits per heavy atom. The van der Waals surface area contributed by atoms with Crippen molar-refractivity contribution in [2.45, 2.75) is 52.9 Å². The fourth-order valence-corrected chi connectivity index (χ4v) is 3.37. The molecule has 1 aliphatic carbocycles. The van der Waals surface area contributed by atoms with E-state index in [4.69, 9.17) is 5.73 Å². The van der Waals surface area contributed by atoms with Crippen LogP contribution in [0.3, 0.4) is 0 Å². The van der Waals surface area contributed by atoms with E-state index in [0.717, 1.165) is 12.5 Å². The SMILES string of the molecule is CC(C)(C)C1CCN(CCC2(CN)CCC2)C1. The van der Waals surface area contributed by atoms with Crippen LogP contribution in [0.5, 0.6) is 0 Å². The van der Waals surface area contributed by atoms with Gasteiger partial charge in [0.1, 0.15) is 0 Å². The van der Waals surface area contributed by atoms with E-state index in [0.29, 0.717) is 10.8 Å². The van der Waals surface area contributed by atoms with Gasteiger partial charge in [-0.2, -0.15) is 0 Å². The van der Waals surface area contributed by atoms with Crippen LogP contribution in [0.4, 0.5) is 0 Å². The fraction of sp³-hybridized carbons (Fsp3) is 1.00. The molecule has 2 rings (SSSR count). The molecule has 2 N–H and O–H groups in total. The molecule has 1 saturated carbocycles. The van der Waals surface area contributed by atoms with Gasteiger partial charge in [-0.05, 0) is 62.1 Å². The number of rotatable bonds is 4. The number of hydrogen-bond donors (Lipinski definition) is 1. The van der Waals surface area contributed by atoms with Gasteiger partial charge < -0.3 is 10.6 Å². The van der Waals surface area contributed by atoms with Crippen LogP contribution in [0.25, 0.3) is 0 Å². The largest absolute Gasteiger partial charge is 0.330 e. The van der Waals surface area contributed by atoms with Crippen LogP contribution in [-0.2, 0) is 0 Å². The molecule has 2 heteroatoms. The van der Waals surface area contributed by atoms with E-state index in [9.17, 15) is 0 Å². The van der Waals surface area contributed by atoms with E-state index < -0.39 is 0 Å². The Labute approximate surface area is 107 Å². The summed E-state index contributed by atoms with van der Waals surface area (Å²) in [6, 6.07) is 0. The molecule has 1 saturated heterocycles. The Morgan fingerprint density at radius 1 is 1.29 bits per heavy atom. The first-order valence-electron chi connectivity index (χ1n) is 7.38. The second-order valence-electron chi connectivity index (χ2n) is 7.46. The first kappa shape index (κ1) is 13.4.